The molecule has 1 aliphatic rings. The normalized spacial score (nSPS) is 12.2. The van der Waals surface area contributed by atoms with Crippen molar-refractivity contribution < 1.29 is 19.1 Å². The minimum Gasteiger partial charge on any atom is -0.454 e. The zero-order chi connectivity index (χ0) is 17.4. The highest BCUT2D eigenvalue weighted by Gasteiger charge is 2.21. The molecule has 4 rings (SSSR count). The van der Waals surface area contributed by atoms with Gasteiger partial charge in [0.15, 0.2) is 17.3 Å². The minimum atomic E-state index is -0.459. The van der Waals surface area contributed by atoms with Gasteiger partial charge in [-0.1, -0.05) is 12.1 Å². The van der Waals surface area contributed by atoms with Crippen molar-refractivity contribution in [3.63, 3.8) is 0 Å². The Morgan fingerprint density at radius 3 is 2.56 bits per heavy atom. The van der Waals surface area contributed by atoms with Gasteiger partial charge in [-0.3, -0.25) is 14.6 Å². The summed E-state index contributed by atoms with van der Waals surface area (Å²) < 4.78 is 10.6. The van der Waals surface area contributed by atoms with E-state index < -0.39 is 5.91 Å². The van der Waals surface area contributed by atoms with E-state index in [1.807, 2.05) is 18.2 Å². The molecule has 2 aromatic carbocycles. The molecule has 1 aromatic heterocycles. The SMILES string of the molecule is CC(=O)c1cc2c(cc1NC(=O)c1cnc3ccccc3n1)OCO2. The molecule has 1 aliphatic heterocycles. The lowest BCUT2D eigenvalue weighted by Gasteiger charge is -2.10. The molecule has 0 unspecified atom stereocenters. The molecule has 0 saturated heterocycles. The number of fused-ring (bicyclic) bond motifs is 2. The van der Waals surface area contributed by atoms with Crippen molar-refractivity contribution in [2.45, 2.75) is 6.92 Å². The average Bonchev–Trinajstić information content (AvgIpc) is 3.07. The predicted octanol–water partition coefficient (Wildman–Crippen LogP) is 2.81. The second-order valence-electron chi connectivity index (χ2n) is 5.51. The smallest absolute Gasteiger partial charge is 0.275 e. The number of rotatable bonds is 3. The number of Topliss-reactive ketones (excluding diaryl/α,β-unsaturated/α-hetero) is 1. The summed E-state index contributed by atoms with van der Waals surface area (Å²) in [4.78, 5) is 32.9. The Morgan fingerprint density at radius 1 is 1.08 bits per heavy atom. The number of para-hydroxylation sites is 2. The van der Waals surface area contributed by atoms with Crippen molar-refractivity contribution in [3.05, 3.63) is 53.9 Å². The van der Waals surface area contributed by atoms with Gasteiger partial charge < -0.3 is 14.8 Å². The van der Waals surface area contributed by atoms with Crippen LogP contribution in [-0.4, -0.2) is 28.5 Å². The maximum atomic E-state index is 12.5. The molecular formula is C18H13N3O4. The first-order chi connectivity index (χ1) is 12.1. The van der Waals surface area contributed by atoms with Gasteiger partial charge >= 0.3 is 0 Å². The van der Waals surface area contributed by atoms with Crippen molar-refractivity contribution in [2.24, 2.45) is 0 Å². The summed E-state index contributed by atoms with van der Waals surface area (Å²) in [5.41, 5.74) is 2.16. The Bertz CT molecular complexity index is 1020. The largest absolute Gasteiger partial charge is 0.454 e. The third-order valence-electron chi connectivity index (χ3n) is 3.82. The third-order valence-corrected chi connectivity index (χ3v) is 3.82. The number of nitrogens with zero attached hydrogens (tertiary/aromatic N) is 2. The third kappa shape index (κ3) is 2.76. The monoisotopic (exact) mass is 335 g/mol. The van der Waals surface area contributed by atoms with Crippen LogP contribution in [0.3, 0.4) is 0 Å². The van der Waals surface area contributed by atoms with Gasteiger partial charge in [0.1, 0.15) is 5.69 Å². The molecule has 0 atom stereocenters. The lowest BCUT2D eigenvalue weighted by molar-refractivity contribution is 0.101. The Balaban J connectivity index is 1.69. The summed E-state index contributed by atoms with van der Waals surface area (Å²) in [6.07, 6.45) is 1.40. The number of carbonyl (C=O) groups is 2. The number of amides is 1. The summed E-state index contributed by atoms with van der Waals surface area (Å²) >= 11 is 0. The predicted molar refractivity (Wildman–Crippen MR) is 90.1 cm³/mol. The van der Waals surface area contributed by atoms with Crippen LogP contribution in [0, 0.1) is 0 Å². The highest BCUT2D eigenvalue weighted by molar-refractivity contribution is 6.09. The van der Waals surface area contributed by atoms with Crippen LogP contribution in [0.4, 0.5) is 5.69 Å². The van der Waals surface area contributed by atoms with Crippen molar-refractivity contribution in [3.8, 4) is 11.5 Å². The van der Waals surface area contributed by atoms with Gasteiger partial charge in [-0.05, 0) is 25.1 Å². The summed E-state index contributed by atoms with van der Waals surface area (Å²) in [6.45, 7) is 1.50. The van der Waals surface area contributed by atoms with Gasteiger partial charge in [0, 0.05) is 11.6 Å². The summed E-state index contributed by atoms with van der Waals surface area (Å²) in [6, 6.07) is 10.4. The number of hydrogen-bond donors (Lipinski definition) is 1. The fraction of sp³-hybridized carbons (Fsp3) is 0.111. The zero-order valence-electron chi connectivity index (χ0n) is 13.3. The lowest BCUT2D eigenvalue weighted by Crippen LogP contribution is -2.16. The number of aromatic nitrogens is 2. The van der Waals surface area contributed by atoms with Gasteiger partial charge in [-0.2, -0.15) is 0 Å². The topological polar surface area (TPSA) is 90.4 Å². The maximum Gasteiger partial charge on any atom is 0.275 e. The summed E-state index contributed by atoms with van der Waals surface area (Å²) in [7, 11) is 0. The number of anilines is 1. The molecule has 0 spiro atoms. The summed E-state index contributed by atoms with van der Waals surface area (Å²) in [5.74, 6) is 0.302. The van der Waals surface area contributed by atoms with E-state index in [4.69, 9.17) is 9.47 Å². The quantitative estimate of drug-likeness (QED) is 0.740. The maximum absolute atomic E-state index is 12.5. The molecule has 1 amide bonds. The Labute approximate surface area is 142 Å². The number of ether oxygens (including phenoxy) is 2. The van der Waals surface area contributed by atoms with Gasteiger partial charge in [0.25, 0.3) is 5.91 Å². The van der Waals surface area contributed by atoms with Crippen LogP contribution in [-0.2, 0) is 0 Å². The first kappa shape index (κ1) is 15.1. The molecule has 0 bridgehead atoms. The number of nitrogens with one attached hydrogen (secondary N) is 1. The van der Waals surface area contributed by atoms with Crippen LogP contribution in [0.25, 0.3) is 11.0 Å². The molecule has 7 nitrogen and oxygen atoms in total. The molecule has 124 valence electrons. The van der Waals surface area contributed by atoms with Crippen molar-refractivity contribution in [1.29, 1.82) is 0 Å². The van der Waals surface area contributed by atoms with Crippen LogP contribution in [0.15, 0.2) is 42.6 Å². The number of carbonyl (C=O) groups excluding carboxylic acids is 2. The van der Waals surface area contributed by atoms with Crippen LogP contribution in [0.1, 0.15) is 27.8 Å². The van der Waals surface area contributed by atoms with Crippen LogP contribution in [0.2, 0.25) is 0 Å². The second-order valence-corrected chi connectivity index (χ2v) is 5.51. The van der Waals surface area contributed by atoms with Gasteiger partial charge in [-0.15, -0.1) is 0 Å². The Kier molecular flexibility index (Phi) is 3.53. The highest BCUT2D eigenvalue weighted by atomic mass is 16.7. The van der Waals surface area contributed by atoms with E-state index in [0.29, 0.717) is 33.8 Å². The Morgan fingerprint density at radius 2 is 1.80 bits per heavy atom. The molecule has 0 radical (unpaired) electrons. The van der Waals surface area contributed by atoms with E-state index in [1.165, 1.54) is 13.1 Å². The number of benzene rings is 2. The molecule has 1 N–H and O–H groups in total. The van der Waals surface area contributed by atoms with Gasteiger partial charge in [0.05, 0.1) is 22.9 Å². The fourth-order valence-electron chi connectivity index (χ4n) is 2.59. The molecule has 3 aromatic rings. The van der Waals surface area contributed by atoms with Crippen molar-refractivity contribution in [2.75, 3.05) is 12.1 Å². The Hall–Kier alpha value is -3.48. The van der Waals surface area contributed by atoms with Crippen LogP contribution < -0.4 is 14.8 Å². The standard InChI is InChI=1S/C18H13N3O4/c1-10(22)11-6-16-17(25-9-24-16)7-14(11)21-18(23)15-8-19-12-4-2-3-5-13(12)20-15/h2-8H,9H2,1H3,(H,21,23). The molecular weight excluding hydrogens is 322 g/mol. The van der Waals surface area contributed by atoms with Gasteiger partial charge in [0.2, 0.25) is 6.79 Å². The first-order valence-corrected chi connectivity index (χ1v) is 7.59. The number of ketones is 1. The molecule has 0 fully saturated rings. The average molecular weight is 335 g/mol. The van der Waals surface area contributed by atoms with Crippen molar-refractivity contribution >= 4 is 28.4 Å². The minimum absolute atomic E-state index is 0.0836. The van der Waals surface area contributed by atoms with Crippen LogP contribution in [0.5, 0.6) is 11.5 Å². The molecule has 25 heavy (non-hydrogen) atoms. The van der Waals surface area contributed by atoms with Crippen LogP contribution >= 0.6 is 0 Å². The van der Waals surface area contributed by atoms with E-state index >= 15 is 0 Å². The second kappa shape index (κ2) is 5.86. The first-order valence-electron chi connectivity index (χ1n) is 7.59. The van der Waals surface area contributed by atoms with Gasteiger partial charge in [-0.25, -0.2) is 4.98 Å². The van der Waals surface area contributed by atoms with E-state index in [1.54, 1.807) is 18.2 Å². The zero-order valence-corrected chi connectivity index (χ0v) is 13.3. The molecule has 0 saturated carbocycles. The number of hydrogen-bond acceptors (Lipinski definition) is 6. The fourth-order valence-corrected chi connectivity index (χ4v) is 2.59. The van der Waals surface area contributed by atoms with E-state index in [9.17, 15) is 9.59 Å². The van der Waals surface area contributed by atoms with E-state index in [2.05, 4.69) is 15.3 Å². The lowest BCUT2D eigenvalue weighted by atomic mass is 10.1. The van der Waals surface area contributed by atoms with Crippen molar-refractivity contribution in [1.82, 2.24) is 9.97 Å². The molecule has 2 heterocycles. The molecule has 0 aliphatic carbocycles. The van der Waals surface area contributed by atoms with E-state index in [-0.39, 0.29) is 18.3 Å². The molecule has 7 heteroatoms. The van der Waals surface area contributed by atoms with E-state index in [0.717, 1.165) is 0 Å². The summed E-state index contributed by atoms with van der Waals surface area (Å²) in [5, 5.41) is 2.70. The highest BCUT2D eigenvalue weighted by Crippen LogP contribution is 2.37.